The highest BCUT2D eigenvalue weighted by Gasteiger charge is 2.21. The van der Waals surface area contributed by atoms with Crippen LogP contribution >= 0.6 is 15.9 Å². The van der Waals surface area contributed by atoms with Gasteiger partial charge in [-0.05, 0) is 48.0 Å². The number of rotatable bonds is 2. The SMILES string of the molecule is CN1CCC(OC(=O)c2ccnc(Br)c2)CC1. The van der Waals surface area contributed by atoms with Gasteiger partial charge in [0.2, 0.25) is 0 Å². The number of carbonyl (C=O) groups excluding carboxylic acids is 1. The van der Waals surface area contributed by atoms with Crippen molar-refractivity contribution in [2.24, 2.45) is 0 Å². The van der Waals surface area contributed by atoms with Crippen LogP contribution in [0, 0.1) is 0 Å². The van der Waals surface area contributed by atoms with E-state index in [0.717, 1.165) is 25.9 Å². The summed E-state index contributed by atoms with van der Waals surface area (Å²) in [6.45, 7) is 1.97. The molecule has 17 heavy (non-hydrogen) atoms. The summed E-state index contributed by atoms with van der Waals surface area (Å²) in [4.78, 5) is 18.1. The number of piperidine rings is 1. The lowest BCUT2D eigenvalue weighted by molar-refractivity contribution is 0.0139. The van der Waals surface area contributed by atoms with Crippen LogP contribution in [0.15, 0.2) is 22.9 Å². The van der Waals surface area contributed by atoms with Crippen molar-refractivity contribution in [1.29, 1.82) is 0 Å². The van der Waals surface area contributed by atoms with Crippen LogP contribution in [0.5, 0.6) is 0 Å². The molecule has 0 bridgehead atoms. The molecule has 1 aromatic heterocycles. The van der Waals surface area contributed by atoms with E-state index in [2.05, 4.69) is 32.9 Å². The number of hydrogen-bond donors (Lipinski definition) is 0. The second-order valence-corrected chi connectivity index (χ2v) is 5.09. The number of halogens is 1. The van der Waals surface area contributed by atoms with Gasteiger partial charge in [-0.2, -0.15) is 0 Å². The maximum atomic E-state index is 11.9. The van der Waals surface area contributed by atoms with Crippen LogP contribution in [-0.2, 0) is 4.74 Å². The number of carbonyl (C=O) groups is 1. The Morgan fingerprint density at radius 2 is 2.24 bits per heavy atom. The van der Waals surface area contributed by atoms with Gasteiger partial charge in [0, 0.05) is 19.3 Å². The summed E-state index contributed by atoms with van der Waals surface area (Å²) in [5.74, 6) is -0.261. The number of hydrogen-bond acceptors (Lipinski definition) is 4. The van der Waals surface area contributed by atoms with Crippen LogP contribution in [0.3, 0.4) is 0 Å². The standard InChI is InChI=1S/C12H15BrN2O2/c1-15-6-3-10(4-7-15)17-12(16)9-2-5-14-11(13)8-9/h2,5,8,10H,3-4,6-7H2,1H3. The molecule has 0 N–H and O–H groups in total. The van der Waals surface area contributed by atoms with Gasteiger partial charge in [-0.1, -0.05) is 0 Å². The van der Waals surface area contributed by atoms with Gasteiger partial charge < -0.3 is 9.64 Å². The molecule has 1 aliphatic heterocycles. The summed E-state index contributed by atoms with van der Waals surface area (Å²) in [7, 11) is 2.08. The Morgan fingerprint density at radius 1 is 1.53 bits per heavy atom. The fraction of sp³-hybridized carbons (Fsp3) is 0.500. The summed E-state index contributed by atoms with van der Waals surface area (Å²) in [6, 6.07) is 3.35. The molecule has 2 rings (SSSR count). The predicted octanol–water partition coefficient (Wildman–Crippen LogP) is 2.10. The minimum atomic E-state index is -0.261. The van der Waals surface area contributed by atoms with Crippen molar-refractivity contribution in [2.75, 3.05) is 20.1 Å². The zero-order valence-corrected chi connectivity index (χ0v) is 11.3. The molecule has 5 heteroatoms. The number of aromatic nitrogens is 1. The predicted molar refractivity (Wildman–Crippen MR) is 67.9 cm³/mol. The Hall–Kier alpha value is -0.940. The molecular weight excluding hydrogens is 284 g/mol. The summed E-state index contributed by atoms with van der Waals surface area (Å²) in [6.07, 6.45) is 3.46. The van der Waals surface area contributed by atoms with Crippen LogP contribution < -0.4 is 0 Å². The Kier molecular flexibility index (Phi) is 4.12. The molecule has 0 unspecified atom stereocenters. The third-order valence-corrected chi connectivity index (χ3v) is 3.34. The van der Waals surface area contributed by atoms with Crippen LogP contribution in [0.25, 0.3) is 0 Å². The molecule has 1 aromatic rings. The average molecular weight is 299 g/mol. The third kappa shape index (κ3) is 3.51. The molecule has 0 radical (unpaired) electrons. The number of pyridine rings is 1. The van der Waals surface area contributed by atoms with Crippen LogP contribution in [0.1, 0.15) is 23.2 Å². The first-order valence-electron chi connectivity index (χ1n) is 5.66. The quantitative estimate of drug-likeness (QED) is 0.619. The molecule has 1 fully saturated rings. The highest BCUT2D eigenvalue weighted by Crippen LogP contribution is 2.15. The van der Waals surface area contributed by atoms with E-state index in [1.807, 2.05) is 0 Å². The van der Waals surface area contributed by atoms with Gasteiger partial charge in [-0.25, -0.2) is 9.78 Å². The van der Waals surface area contributed by atoms with E-state index in [-0.39, 0.29) is 12.1 Å². The van der Waals surface area contributed by atoms with E-state index < -0.39 is 0 Å². The van der Waals surface area contributed by atoms with Crippen molar-refractivity contribution >= 4 is 21.9 Å². The van der Waals surface area contributed by atoms with E-state index in [1.54, 1.807) is 18.3 Å². The molecule has 92 valence electrons. The first-order chi connectivity index (χ1) is 8.15. The number of likely N-dealkylation sites (tertiary alicyclic amines) is 1. The van der Waals surface area contributed by atoms with Gasteiger partial charge >= 0.3 is 5.97 Å². The fourth-order valence-electron chi connectivity index (χ4n) is 1.85. The van der Waals surface area contributed by atoms with Gasteiger partial charge in [0.15, 0.2) is 0 Å². The molecule has 0 atom stereocenters. The van der Waals surface area contributed by atoms with E-state index >= 15 is 0 Å². The van der Waals surface area contributed by atoms with E-state index in [0.29, 0.717) is 10.2 Å². The summed E-state index contributed by atoms with van der Waals surface area (Å²) >= 11 is 3.24. The summed E-state index contributed by atoms with van der Waals surface area (Å²) in [5.41, 5.74) is 0.547. The molecule has 0 spiro atoms. The lowest BCUT2D eigenvalue weighted by Gasteiger charge is -2.28. The molecule has 0 amide bonds. The van der Waals surface area contributed by atoms with Gasteiger partial charge in [0.1, 0.15) is 10.7 Å². The number of ether oxygens (including phenoxy) is 1. The topological polar surface area (TPSA) is 42.4 Å². The molecule has 1 aliphatic rings. The summed E-state index contributed by atoms with van der Waals surface area (Å²) < 4.78 is 6.11. The Bertz CT molecular complexity index is 403. The normalized spacial score (nSPS) is 18.0. The molecule has 0 aromatic carbocycles. The van der Waals surface area contributed by atoms with E-state index in [9.17, 15) is 4.79 Å². The Morgan fingerprint density at radius 3 is 2.88 bits per heavy atom. The van der Waals surface area contributed by atoms with Crippen molar-refractivity contribution in [1.82, 2.24) is 9.88 Å². The van der Waals surface area contributed by atoms with Gasteiger partial charge in [-0.15, -0.1) is 0 Å². The lowest BCUT2D eigenvalue weighted by atomic mass is 10.1. The second-order valence-electron chi connectivity index (χ2n) is 4.28. The maximum Gasteiger partial charge on any atom is 0.338 e. The Balaban J connectivity index is 1.93. The number of esters is 1. The molecule has 4 nitrogen and oxygen atoms in total. The minimum absolute atomic E-state index is 0.0469. The molecule has 0 saturated carbocycles. The van der Waals surface area contributed by atoms with E-state index in [4.69, 9.17) is 4.74 Å². The molecule has 0 aliphatic carbocycles. The smallest absolute Gasteiger partial charge is 0.338 e. The zero-order chi connectivity index (χ0) is 12.3. The van der Waals surface area contributed by atoms with Crippen molar-refractivity contribution in [3.05, 3.63) is 28.5 Å². The second kappa shape index (κ2) is 5.60. The highest BCUT2D eigenvalue weighted by atomic mass is 79.9. The van der Waals surface area contributed by atoms with Crippen molar-refractivity contribution in [3.8, 4) is 0 Å². The van der Waals surface area contributed by atoms with Crippen molar-refractivity contribution < 1.29 is 9.53 Å². The molecule has 1 saturated heterocycles. The molecular formula is C12H15BrN2O2. The molecule has 2 heterocycles. The van der Waals surface area contributed by atoms with Crippen molar-refractivity contribution in [2.45, 2.75) is 18.9 Å². The zero-order valence-electron chi connectivity index (χ0n) is 9.73. The lowest BCUT2D eigenvalue weighted by Crippen LogP contribution is -2.35. The first-order valence-corrected chi connectivity index (χ1v) is 6.45. The maximum absolute atomic E-state index is 11.9. The first kappa shape index (κ1) is 12.5. The number of nitrogens with zero attached hydrogens (tertiary/aromatic N) is 2. The summed E-state index contributed by atoms with van der Waals surface area (Å²) in [5, 5.41) is 0. The average Bonchev–Trinajstić information content (AvgIpc) is 2.32. The highest BCUT2D eigenvalue weighted by molar-refractivity contribution is 9.10. The Labute approximate surface area is 109 Å². The largest absolute Gasteiger partial charge is 0.459 e. The third-order valence-electron chi connectivity index (χ3n) is 2.90. The minimum Gasteiger partial charge on any atom is -0.459 e. The van der Waals surface area contributed by atoms with Gasteiger partial charge in [-0.3, -0.25) is 0 Å². The van der Waals surface area contributed by atoms with Crippen LogP contribution in [-0.4, -0.2) is 42.1 Å². The van der Waals surface area contributed by atoms with E-state index in [1.165, 1.54) is 0 Å². The van der Waals surface area contributed by atoms with Gasteiger partial charge in [0.05, 0.1) is 5.56 Å². The van der Waals surface area contributed by atoms with Crippen LogP contribution in [0.4, 0.5) is 0 Å². The van der Waals surface area contributed by atoms with Gasteiger partial charge in [0.25, 0.3) is 0 Å². The van der Waals surface area contributed by atoms with Crippen LogP contribution in [0.2, 0.25) is 0 Å². The van der Waals surface area contributed by atoms with Crippen molar-refractivity contribution in [3.63, 3.8) is 0 Å². The fourth-order valence-corrected chi connectivity index (χ4v) is 2.22. The monoisotopic (exact) mass is 298 g/mol.